The second kappa shape index (κ2) is 4.80. The first-order valence-electron chi connectivity index (χ1n) is 6.08. The van der Waals surface area contributed by atoms with Crippen molar-refractivity contribution in [3.8, 4) is 17.0 Å². The molecule has 0 fully saturated rings. The van der Waals surface area contributed by atoms with Crippen molar-refractivity contribution in [1.29, 1.82) is 0 Å². The van der Waals surface area contributed by atoms with E-state index in [4.69, 9.17) is 4.74 Å². The van der Waals surface area contributed by atoms with Gasteiger partial charge in [0.05, 0.1) is 12.8 Å². The first kappa shape index (κ1) is 12.4. The number of imidazole rings is 1. The minimum absolute atomic E-state index is 0.216. The number of nitrogens with one attached hydrogen (secondary N) is 1. The summed E-state index contributed by atoms with van der Waals surface area (Å²) in [6, 6.07) is 6.59. The Morgan fingerprint density at radius 1 is 1.25 bits per heavy atom. The van der Waals surface area contributed by atoms with Crippen LogP contribution in [0.15, 0.2) is 36.7 Å². The number of aromatic nitrogens is 3. The fourth-order valence-electron chi connectivity index (χ4n) is 1.98. The molecule has 0 spiro atoms. The SMILES string of the molecule is CNc1ccn2cc(-c3ccc(OC)c(F)c3)nc2n1. The van der Waals surface area contributed by atoms with Gasteiger partial charge in [-0.3, -0.25) is 4.40 Å². The Balaban J connectivity index is 2.07. The van der Waals surface area contributed by atoms with E-state index < -0.39 is 5.82 Å². The summed E-state index contributed by atoms with van der Waals surface area (Å²) < 4.78 is 20.4. The molecule has 0 unspecified atom stereocenters. The monoisotopic (exact) mass is 272 g/mol. The van der Waals surface area contributed by atoms with Gasteiger partial charge in [-0.05, 0) is 24.3 Å². The van der Waals surface area contributed by atoms with Crippen molar-refractivity contribution in [2.75, 3.05) is 19.5 Å². The molecular formula is C14H13FN4O. The lowest BCUT2D eigenvalue weighted by atomic mass is 10.1. The molecule has 2 heterocycles. The molecule has 0 saturated carbocycles. The highest BCUT2D eigenvalue weighted by molar-refractivity contribution is 5.63. The van der Waals surface area contributed by atoms with Gasteiger partial charge in [0, 0.05) is 25.0 Å². The van der Waals surface area contributed by atoms with Gasteiger partial charge in [-0.2, -0.15) is 4.98 Å². The number of hydrogen-bond donors (Lipinski definition) is 1. The Labute approximate surface area is 115 Å². The highest BCUT2D eigenvalue weighted by Gasteiger charge is 2.09. The van der Waals surface area contributed by atoms with Gasteiger partial charge in [0.25, 0.3) is 0 Å². The Kier molecular flexibility index (Phi) is 2.98. The zero-order chi connectivity index (χ0) is 14.1. The van der Waals surface area contributed by atoms with Crippen molar-refractivity contribution in [1.82, 2.24) is 14.4 Å². The summed E-state index contributed by atoms with van der Waals surface area (Å²) in [5.41, 5.74) is 1.34. The summed E-state index contributed by atoms with van der Waals surface area (Å²) in [5, 5.41) is 2.95. The maximum absolute atomic E-state index is 13.7. The van der Waals surface area contributed by atoms with Crippen LogP contribution in [0.2, 0.25) is 0 Å². The van der Waals surface area contributed by atoms with Crippen LogP contribution < -0.4 is 10.1 Å². The van der Waals surface area contributed by atoms with E-state index in [0.717, 1.165) is 5.82 Å². The fourth-order valence-corrected chi connectivity index (χ4v) is 1.98. The van der Waals surface area contributed by atoms with Crippen molar-refractivity contribution < 1.29 is 9.13 Å². The molecule has 0 amide bonds. The molecule has 5 nitrogen and oxygen atoms in total. The predicted octanol–water partition coefficient (Wildman–Crippen LogP) is 2.59. The first-order valence-corrected chi connectivity index (χ1v) is 6.08. The van der Waals surface area contributed by atoms with Crippen LogP contribution in [-0.4, -0.2) is 28.5 Å². The summed E-state index contributed by atoms with van der Waals surface area (Å²) in [5.74, 6) is 1.10. The Bertz CT molecular complexity index is 769. The zero-order valence-corrected chi connectivity index (χ0v) is 11.1. The van der Waals surface area contributed by atoms with Crippen LogP contribution in [0, 0.1) is 5.82 Å². The highest BCUT2D eigenvalue weighted by Crippen LogP contribution is 2.25. The normalized spacial score (nSPS) is 10.8. The molecule has 1 N–H and O–H groups in total. The molecule has 3 aromatic rings. The smallest absolute Gasteiger partial charge is 0.236 e. The van der Waals surface area contributed by atoms with Gasteiger partial charge in [-0.25, -0.2) is 9.37 Å². The fraction of sp³-hybridized carbons (Fsp3) is 0.143. The largest absolute Gasteiger partial charge is 0.494 e. The molecule has 0 aliphatic rings. The highest BCUT2D eigenvalue weighted by atomic mass is 19.1. The molecule has 0 bridgehead atoms. The van der Waals surface area contributed by atoms with Crippen LogP contribution in [0.1, 0.15) is 0 Å². The lowest BCUT2D eigenvalue weighted by Gasteiger charge is -2.02. The lowest BCUT2D eigenvalue weighted by Crippen LogP contribution is -1.94. The number of fused-ring (bicyclic) bond motifs is 1. The molecule has 102 valence electrons. The van der Waals surface area contributed by atoms with Gasteiger partial charge >= 0.3 is 0 Å². The third kappa shape index (κ3) is 2.05. The van der Waals surface area contributed by atoms with Gasteiger partial charge in [0.1, 0.15) is 5.82 Å². The van der Waals surface area contributed by atoms with E-state index >= 15 is 0 Å². The molecule has 6 heteroatoms. The molecule has 0 atom stereocenters. The van der Waals surface area contributed by atoms with Crippen LogP contribution in [0.5, 0.6) is 5.75 Å². The minimum atomic E-state index is -0.411. The van der Waals surface area contributed by atoms with Gasteiger partial charge in [0.15, 0.2) is 11.6 Å². The van der Waals surface area contributed by atoms with E-state index in [1.54, 1.807) is 23.6 Å². The number of anilines is 1. The van der Waals surface area contributed by atoms with Gasteiger partial charge in [0.2, 0.25) is 5.78 Å². The topological polar surface area (TPSA) is 51.5 Å². The maximum Gasteiger partial charge on any atom is 0.236 e. The van der Waals surface area contributed by atoms with E-state index in [1.807, 2.05) is 18.5 Å². The van der Waals surface area contributed by atoms with Crippen molar-refractivity contribution in [2.24, 2.45) is 0 Å². The van der Waals surface area contributed by atoms with Crippen molar-refractivity contribution in [2.45, 2.75) is 0 Å². The van der Waals surface area contributed by atoms with Crippen LogP contribution in [0.3, 0.4) is 0 Å². The molecule has 3 rings (SSSR count). The number of halogens is 1. The first-order chi connectivity index (χ1) is 9.71. The number of nitrogens with zero attached hydrogens (tertiary/aromatic N) is 3. The number of ether oxygens (including phenoxy) is 1. The van der Waals surface area contributed by atoms with Crippen LogP contribution in [0.25, 0.3) is 17.0 Å². The van der Waals surface area contributed by atoms with Gasteiger partial charge in [-0.1, -0.05) is 0 Å². The molecule has 0 radical (unpaired) electrons. The molecule has 0 saturated heterocycles. The third-order valence-electron chi connectivity index (χ3n) is 3.03. The van der Waals surface area contributed by atoms with Gasteiger partial charge < -0.3 is 10.1 Å². The third-order valence-corrected chi connectivity index (χ3v) is 3.03. The number of methoxy groups -OCH3 is 1. The summed E-state index contributed by atoms with van der Waals surface area (Å²) in [6.07, 6.45) is 3.66. The van der Waals surface area contributed by atoms with Crippen molar-refractivity contribution in [3.05, 3.63) is 42.5 Å². The molecule has 2 aromatic heterocycles. The van der Waals surface area contributed by atoms with Crippen LogP contribution in [-0.2, 0) is 0 Å². The number of hydrogen-bond acceptors (Lipinski definition) is 4. The van der Waals surface area contributed by atoms with E-state index in [1.165, 1.54) is 13.2 Å². The summed E-state index contributed by atoms with van der Waals surface area (Å²) in [7, 11) is 3.23. The van der Waals surface area contributed by atoms with Crippen LogP contribution >= 0.6 is 0 Å². The molecule has 0 aliphatic carbocycles. The Morgan fingerprint density at radius 2 is 2.10 bits per heavy atom. The lowest BCUT2D eigenvalue weighted by molar-refractivity contribution is 0.386. The van der Waals surface area contributed by atoms with Gasteiger partial charge in [-0.15, -0.1) is 0 Å². The van der Waals surface area contributed by atoms with Crippen LogP contribution in [0.4, 0.5) is 10.2 Å². The van der Waals surface area contributed by atoms with Crippen molar-refractivity contribution in [3.63, 3.8) is 0 Å². The van der Waals surface area contributed by atoms with Crippen molar-refractivity contribution >= 4 is 11.6 Å². The molecule has 20 heavy (non-hydrogen) atoms. The molecular weight excluding hydrogens is 259 g/mol. The summed E-state index contributed by atoms with van der Waals surface area (Å²) in [4.78, 5) is 8.71. The van der Waals surface area contributed by atoms with E-state index in [0.29, 0.717) is 17.0 Å². The Hall–Kier alpha value is -2.63. The molecule has 0 aliphatic heterocycles. The summed E-state index contributed by atoms with van der Waals surface area (Å²) >= 11 is 0. The quantitative estimate of drug-likeness (QED) is 0.796. The second-order valence-corrected chi connectivity index (χ2v) is 4.25. The zero-order valence-electron chi connectivity index (χ0n) is 11.1. The maximum atomic E-state index is 13.7. The number of rotatable bonds is 3. The van der Waals surface area contributed by atoms with E-state index in [9.17, 15) is 4.39 Å². The standard InChI is InChI=1S/C14H13FN4O/c1-16-13-5-6-19-8-11(17-14(19)18-13)9-3-4-12(20-2)10(15)7-9/h3-8H,1-2H3,(H,16,17,18). The summed E-state index contributed by atoms with van der Waals surface area (Å²) in [6.45, 7) is 0. The number of benzene rings is 1. The Morgan fingerprint density at radius 3 is 2.80 bits per heavy atom. The average Bonchev–Trinajstić information content (AvgIpc) is 2.89. The van der Waals surface area contributed by atoms with E-state index in [-0.39, 0.29) is 5.75 Å². The second-order valence-electron chi connectivity index (χ2n) is 4.25. The minimum Gasteiger partial charge on any atom is -0.494 e. The van der Waals surface area contributed by atoms with E-state index in [2.05, 4.69) is 15.3 Å². The average molecular weight is 272 g/mol. The predicted molar refractivity (Wildman–Crippen MR) is 74.5 cm³/mol. The molecule has 1 aromatic carbocycles.